The molecule has 0 aliphatic carbocycles. The van der Waals surface area contributed by atoms with Crippen LogP contribution in [-0.2, 0) is 14.8 Å². The molecule has 0 aliphatic rings. The Morgan fingerprint density at radius 3 is 2.41 bits per heavy atom. The second-order valence-corrected chi connectivity index (χ2v) is 5.96. The van der Waals surface area contributed by atoms with E-state index in [1.807, 2.05) is 0 Å². The summed E-state index contributed by atoms with van der Waals surface area (Å²) in [5, 5.41) is 0. The molecule has 0 unspecified atom stereocenters. The zero-order valence-corrected chi connectivity index (χ0v) is 10.2. The van der Waals surface area contributed by atoms with Gasteiger partial charge in [0.25, 0.3) is 6.43 Å². The topological polar surface area (TPSA) is 43.4 Å². The highest BCUT2D eigenvalue weighted by molar-refractivity contribution is 8.13. The normalized spacial score (nSPS) is 11.9. The number of ether oxygens (including phenoxy) is 1. The minimum absolute atomic E-state index is 0.238. The fourth-order valence-electron chi connectivity index (χ4n) is 1.32. The third-order valence-corrected chi connectivity index (χ3v) is 2.91. The van der Waals surface area contributed by atoms with Crippen LogP contribution in [0.2, 0.25) is 0 Å². The average Bonchev–Trinajstić information content (AvgIpc) is 2.14. The maximum absolute atomic E-state index is 13.4. The van der Waals surface area contributed by atoms with Crippen molar-refractivity contribution < 1.29 is 26.3 Å². The predicted molar refractivity (Wildman–Crippen MR) is 56.4 cm³/mol. The van der Waals surface area contributed by atoms with Gasteiger partial charge >= 0.3 is 0 Å². The van der Waals surface area contributed by atoms with Gasteiger partial charge in [0.1, 0.15) is 0 Å². The lowest BCUT2D eigenvalue weighted by molar-refractivity contribution is 0.150. The number of hydrogen-bond acceptors (Lipinski definition) is 3. The molecule has 0 fully saturated rings. The summed E-state index contributed by atoms with van der Waals surface area (Å²) in [6, 6.07) is 1.44. The third kappa shape index (κ3) is 3.78. The van der Waals surface area contributed by atoms with Gasteiger partial charge in [-0.3, -0.25) is 0 Å². The Balaban J connectivity index is 3.34. The van der Waals surface area contributed by atoms with E-state index in [0.717, 1.165) is 13.2 Å². The third-order valence-electron chi connectivity index (χ3n) is 1.93. The number of methoxy groups -OCH3 is 1. The van der Waals surface area contributed by atoms with Crippen LogP contribution in [0.4, 0.5) is 13.2 Å². The van der Waals surface area contributed by atoms with Crippen molar-refractivity contribution in [3.05, 3.63) is 29.1 Å². The SMILES string of the molecule is COc1c(F)cc(C(F)F)cc1CS(=O)(=O)Cl. The summed E-state index contributed by atoms with van der Waals surface area (Å²) >= 11 is 0. The van der Waals surface area contributed by atoms with Crippen molar-refractivity contribution in [2.45, 2.75) is 12.2 Å². The Morgan fingerprint density at radius 2 is 2.00 bits per heavy atom. The summed E-state index contributed by atoms with van der Waals surface area (Å²) in [4.78, 5) is 0. The van der Waals surface area contributed by atoms with E-state index in [2.05, 4.69) is 4.74 Å². The van der Waals surface area contributed by atoms with Gasteiger partial charge in [0, 0.05) is 21.8 Å². The number of halogens is 4. The van der Waals surface area contributed by atoms with Gasteiger partial charge in [-0.1, -0.05) is 0 Å². The van der Waals surface area contributed by atoms with Crippen LogP contribution in [0.25, 0.3) is 0 Å². The maximum Gasteiger partial charge on any atom is 0.263 e. The smallest absolute Gasteiger partial charge is 0.263 e. The van der Waals surface area contributed by atoms with Crippen LogP contribution in [0.3, 0.4) is 0 Å². The van der Waals surface area contributed by atoms with E-state index in [-0.39, 0.29) is 5.56 Å². The van der Waals surface area contributed by atoms with Crippen molar-refractivity contribution in [3.63, 3.8) is 0 Å². The Bertz CT molecular complexity index is 516. The molecule has 8 heteroatoms. The molecule has 0 saturated heterocycles. The molecule has 0 saturated carbocycles. The molecule has 3 nitrogen and oxygen atoms in total. The van der Waals surface area contributed by atoms with Gasteiger partial charge in [-0.15, -0.1) is 0 Å². The Hall–Kier alpha value is -0.950. The molecule has 0 bridgehead atoms. The van der Waals surface area contributed by atoms with Crippen LogP contribution in [0.15, 0.2) is 12.1 Å². The molecule has 0 amide bonds. The van der Waals surface area contributed by atoms with Crippen LogP contribution in [0.1, 0.15) is 17.6 Å². The van der Waals surface area contributed by atoms with Gasteiger partial charge in [0.15, 0.2) is 11.6 Å². The standard InChI is InChI=1S/C9H8ClF3O3S/c1-16-8-6(4-17(10,14)15)2-5(9(12)13)3-7(8)11/h2-3,9H,4H2,1H3. The van der Waals surface area contributed by atoms with Gasteiger partial charge in [0.2, 0.25) is 9.05 Å². The minimum Gasteiger partial charge on any atom is -0.493 e. The molecular weight excluding hydrogens is 281 g/mol. The van der Waals surface area contributed by atoms with Gasteiger partial charge in [-0.2, -0.15) is 0 Å². The number of hydrogen-bond donors (Lipinski definition) is 0. The van der Waals surface area contributed by atoms with E-state index < -0.39 is 38.4 Å². The maximum atomic E-state index is 13.4. The molecule has 1 rings (SSSR count). The van der Waals surface area contributed by atoms with Crippen molar-refractivity contribution >= 4 is 19.7 Å². The van der Waals surface area contributed by atoms with E-state index in [1.54, 1.807) is 0 Å². The van der Waals surface area contributed by atoms with Crippen LogP contribution in [0, 0.1) is 5.82 Å². The highest BCUT2D eigenvalue weighted by atomic mass is 35.7. The zero-order valence-electron chi connectivity index (χ0n) is 8.58. The lowest BCUT2D eigenvalue weighted by Gasteiger charge is -2.10. The van der Waals surface area contributed by atoms with Gasteiger partial charge < -0.3 is 4.74 Å². The molecule has 0 radical (unpaired) electrons. The van der Waals surface area contributed by atoms with Crippen LogP contribution >= 0.6 is 10.7 Å². The molecule has 0 aliphatic heterocycles. The van der Waals surface area contributed by atoms with E-state index in [4.69, 9.17) is 10.7 Å². The first kappa shape index (κ1) is 14.1. The molecule has 17 heavy (non-hydrogen) atoms. The van der Waals surface area contributed by atoms with Crippen molar-refractivity contribution in [2.75, 3.05) is 7.11 Å². The molecule has 0 heterocycles. The lowest BCUT2D eigenvalue weighted by Crippen LogP contribution is -2.02. The summed E-state index contributed by atoms with van der Waals surface area (Å²) < 4.78 is 64.5. The molecule has 1 aromatic rings. The summed E-state index contributed by atoms with van der Waals surface area (Å²) in [6.07, 6.45) is -2.91. The Labute approximate surface area is 101 Å². The molecule has 0 aromatic heterocycles. The van der Waals surface area contributed by atoms with E-state index in [1.165, 1.54) is 0 Å². The number of benzene rings is 1. The Kier molecular flexibility index (Phi) is 4.26. The van der Waals surface area contributed by atoms with Gasteiger partial charge in [-0.05, 0) is 12.1 Å². The highest BCUT2D eigenvalue weighted by Gasteiger charge is 2.19. The summed E-state index contributed by atoms with van der Waals surface area (Å²) in [7, 11) is 2.10. The number of rotatable bonds is 4. The van der Waals surface area contributed by atoms with Crippen molar-refractivity contribution in [3.8, 4) is 5.75 Å². The zero-order chi connectivity index (χ0) is 13.2. The predicted octanol–water partition coefficient (Wildman–Crippen LogP) is 2.84. The van der Waals surface area contributed by atoms with Crippen molar-refractivity contribution in [1.82, 2.24) is 0 Å². The second kappa shape index (κ2) is 5.14. The van der Waals surface area contributed by atoms with E-state index >= 15 is 0 Å². The quantitative estimate of drug-likeness (QED) is 0.800. The first-order valence-corrected chi connectivity index (χ1v) is 6.79. The molecule has 96 valence electrons. The molecule has 0 spiro atoms. The lowest BCUT2D eigenvalue weighted by atomic mass is 10.1. The van der Waals surface area contributed by atoms with Crippen molar-refractivity contribution in [2.24, 2.45) is 0 Å². The van der Waals surface area contributed by atoms with Gasteiger partial charge in [-0.25, -0.2) is 21.6 Å². The van der Waals surface area contributed by atoms with E-state index in [9.17, 15) is 21.6 Å². The first-order chi connectivity index (χ1) is 7.74. The second-order valence-electron chi connectivity index (χ2n) is 3.18. The van der Waals surface area contributed by atoms with Crippen LogP contribution in [0.5, 0.6) is 5.75 Å². The van der Waals surface area contributed by atoms with Crippen molar-refractivity contribution in [1.29, 1.82) is 0 Å². The Morgan fingerprint density at radius 1 is 1.41 bits per heavy atom. The minimum atomic E-state index is -3.99. The summed E-state index contributed by atoms with van der Waals surface area (Å²) in [5.41, 5.74) is -0.864. The van der Waals surface area contributed by atoms with E-state index in [0.29, 0.717) is 6.07 Å². The van der Waals surface area contributed by atoms with Crippen LogP contribution in [-0.4, -0.2) is 15.5 Å². The monoisotopic (exact) mass is 288 g/mol. The summed E-state index contributed by atoms with van der Waals surface area (Å²) in [5.74, 6) is -2.24. The fourth-order valence-corrected chi connectivity index (χ4v) is 2.26. The van der Waals surface area contributed by atoms with Gasteiger partial charge in [0.05, 0.1) is 12.9 Å². The summed E-state index contributed by atoms with van der Waals surface area (Å²) in [6.45, 7) is 0. The molecule has 1 aromatic carbocycles. The largest absolute Gasteiger partial charge is 0.493 e. The first-order valence-electron chi connectivity index (χ1n) is 4.31. The van der Waals surface area contributed by atoms with Crippen LogP contribution < -0.4 is 4.74 Å². The average molecular weight is 289 g/mol. The molecule has 0 N–H and O–H groups in total. The molecular formula is C9H8ClF3O3S. The highest BCUT2D eigenvalue weighted by Crippen LogP contribution is 2.30. The fraction of sp³-hybridized carbons (Fsp3) is 0.333. The molecule has 0 atom stereocenters. The number of alkyl halides is 2.